The van der Waals surface area contributed by atoms with Gasteiger partial charge in [-0.1, -0.05) is 17.7 Å². The molecule has 0 N–H and O–H groups in total. The predicted octanol–water partition coefficient (Wildman–Crippen LogP) is 5.29. The van der Waals surface area contributed by atoms with E-state index in [0.29, 0.717) is 31.0 Å². The molecule has 1 fully saturated rings. The summed E-state index contributed by atoms with van der Waals surface area (Å²) in [6, 6.07) is 3.60. The van der Waals surface area contributed by atoms with Gasteiger partial charge in [-0.15, -0.1) is 0 Å². The number of rotatable bonds is 5. The van der Waals surface area contributed by atoms with Crippen molar-refractivity contribution in [1.29, 1.82) is 0 Å². The van der Waals surface area contributed by atoms with E-state index in [1.165, 1.54) is 24.8 Å². The van der Waals surface area contributed by atoms with Gasteiger partial charge in [0.15, 0.2) is 22.5 Å². The van der Waals surface area contributed by atoms with Crippen LogP contribution in [0.5, 0.6) is 5.75 Å². The number of piperidine rings is 1. The van der Waals surface area contributed by atoms with Crippen molar-refractivity contribution in [3.8, 4) is 22.7 Å². The van der Waals surface area contributed by atoms with Crippen molar-refractivity contribution in [2.45, 2.75) is 39.2 Å². The van der Waals surface area contributed by atoms with Crippen molar-refractivity contribution in [2.75, 3.05) is 19.7 Å². The Balaban J connectivity index is 1.44. The molecule has 3 heterocycles. The maximum atomic E-state index is 14.2. The third-order valence-corrected chi connectivity index (χ3v) is 5.78. The van der Waals surface area contributed by atoms with E-state index < -0.39 is 17.2 Å². The Morgan fingerprint density at radius 1 is 1.17 bits per heavy atom. The second kappa shape index (κ2) is 10.2. The summed E-state index contributed by atoms with van der Waals surface area (Å²) in [6.45, 7) is 6.99. The largest absolute Gasteiger partial charge is 0.488 e. The van der Waals surface area contributed by atoms with Crippen molar-refractivity contribution in [2.24, 2.45) is 5.92 Å². The predicted molar refractivity (Wildman–Crippen MR) is 126 cm³/mol. The number of halogens is 3. The van der Waals surface area contributed by atoms with Crippen LogP contribution < -0.4 is 4.74 Å². The fourth-order valence-corrected chi connectivity index (χ4v) is 3.96. The zero-order valence-electron chi connectivity index (χ0n) is 19.7. The van der Waals surface area contributed by atoms with Gasteiger partial charge in [-0.2, -0.15) is 5.10 Å². The molecular weight excluding hydrogens is 480 g/mol. The molecule has 1 aliphatic rings. The first kappa shape index (κ1) is 24.8. The molecule has 0 radical (unpaired) electrons. The van der Waals surface area contributed by atoms with Crippen molar-refractivity contribution < 1.29 is 23.0 Å². The molecule has 0 aliphatic carbocycles. The molecule has 186 valence electrons. The highest BCUT2D eigenvalue weighted by atomic mass is 35.5. The van der Waals surface area contributed by atoms with Crippen molar-refractivity contribution in [3.05, 3.63) is 53.7 Å². The number of para-hydroxylation sites is 1. The lowest BCUT2D eigenvalue weighted by Crippen LogP contribution is -2.42. The number of benzene rings is 1. The van der Waals surface area contributed by atoms with Crippen LogP contribution in [0.2, 0.25) is 5.15 Å². The van der Waals surface area contributed by atoms with Crippen LogP contribution in [0, 0.1) is 17.6 Å². The van der Waals surface area contributed by atoms with E-state index in [0.717, 1.165) is 29.7 Å². The maximum Gasteiger partial charge on any atom is 0.410 e. The fourth-order valence-electron chi connectivity index (χ4n) is 3.77. The van der Waals surface area contributed by atoms with Crippen molar-refractivity contribution in [3.63, 3.8) is 0 Å². The molecule has 0 bridgehead atoms. The first-order chi connectivity index (χ1) is 16.6. The second-order valence-electron chi connectivity index (χ2n) is 9.31. The second-order valence-corrected chi connectivity index (χ2v) is 9.67. The standard InChI is InChI=1S/C24H26ClF2N5O3/c1-24(2,3)35-23(33)31-9-7-15(8-10-31)13-34-21-19(28-14-29-22(21)25)16-11-30-32(12-16)20-17(26)5-4-6-18(20)27/h4-6,11-12,14-15H,7-10,13H2,1-3H3. The van der Waals surface area contributed by atoms with Gasteiger partial charge in [-0.3, -0.25) is 0 Å². The number of nitrogens with zero attached hydrogens (tertiary/aromatic N) is 5. The van der Waals surface area contributed by atoms with E-state index in [-0.39, 0.29) is 28.6 Å². The van der Waals surface area contributed by atoms with E-state index in [2.05, 4.69) is 15.1 Å². The Labute approximate surface area is 206 Å². The minimum Gasteiger partial charge on any atom is -0.488 e. The molecule has 0 saturated carbocycles. The molecular formula is C24H26ClF2N5O3. The third-order valence-electron chi connectivity index (χ3n) is 5.51. The van der Waals surface area contributed by atoms with E-state index in [1.807, 2.05) is 20.8 Å². The summed E-state index contributed by atoms with van der Waals surface area (Å²) in [5.74, 6) is -1.03. The van der Waals surface area contributed by atoms with Crippen molar-refractivity contribution >= 4 is 17.7 Å². The van der Waals surface area contributed by atoms with Gasteiger partial charge in [0.25, 0.3) is 0 Å². The summed E-state index contributed by atoms with van der Waals surface area (Å²) >= 11 is 6.30. The van der Waals surface area contributed by atoms with Gasteiger partial charge in [0, 0.05) is 24.8 Å². The first-order valence-corrected chi connectivity index (χ1v) is 11.6. The molecule has 1 amide bonds. The Hall–Kier alpha value is -3.27. The Morgan fingerprint density at radius 3 is 2.51 bits per heavy atom. The van der Waals surface area contributed by atoms with Crippen LogP contribution in [0.1, 0.15) is 33.6 Å². The number of aromatic nitrogens is 4. The van der Waals surface area contributed by atoms with Crippen LogP contribution in [-0.4, -0.2) is 56.0 Å². The highest BCUT2D eigenvalue weighted by Crippen LogP contribution is 2.34. The molecule has 11 heteroatoms. The van der Waals surface area contributed by atoms with E-state index in [1.54, 1.807) is 4.90 Å². The molecule has 1 aromatic carbocycles. The number of likely N-dealkylation sites (tertiary alicyclic amines) is 1. The summed E-state index contributed by atoms with van der Waals surface area (Å²) in [4.78, 5) is 22.2. The van der Waals surface area contributed by atoms with Gasteiger partial charge in [0.05, 0.1) is 12.8 Å². The van der Waals surface area contributed by atoms with Gasteiger partial charge in [0.1, 0.15) is 23.3 Å². The molecule has 0 spiro atoms. The highest BCUT2D eigenvalue weighted by Gasteiger charge is 2.28. The van der Waals surface area contributed by atoms with E-state index in [9.17, 15) is 13.6 Å². The number of amides is 1. The zero-order valence-corrected chi connectivity index (χ0v) is 20.4. The lowest BCUT2D eigenvalue weighted by atomic mass is 9.98. The molecule has 0 unspecified atom stereocenters. The smallest absolute Gasteiger partial charge is 0.410 e. The minimum atomic E-state index is -0.741. The quantitative estimate of drug-likeness (QED) is 0.438. The van der Waals surface area contributed by atoms with E-state index in [4.69, 9.17) is 21.1 Å². The van der Waals surface area contributed by atoms with Crippen LogP contribution >= 0.6 is 11.6 Å². The number of carbonyl (C=O) groups excluding carboxylic acids is 1. The van der Waals surface area contributed by atoms with Crippen LogP contribution in [0.25, 0.3) is 16.9 Å². The van der Waals surface area contributed by atoms with Gasteiger partial charge < -0.3 is 14.4 Å². The Morgan fingerprint density at radius 2 is 1.86 bits per heavy atom. The van der Waals surface area contributed by atoms with Gasteiger partial charge >= 0.3 is 6.09 Å². The molecule has 2 aromatic heterocycles. The zero-order chi connectivity index (χ0) is 25.2. The molecule has 1 aliphatic heterocycles. The monoisotopic (exact) mass is 505 g/mol. The number of ether oxygens (including phenoxy) is 2. The number of hydrogen-bond donors (Lipinski definition) is 0. The molecule has 4 rings (SSSR count). The average molecular weight is 506 g/mol. The van der Waals surface area contributed by atoms with Crippen molar-refractivity contribution in [1.82, 2.24) is 24.6 Å². The minimum absolute atomic E-state index is 0.117. The normalized spacial score (nSPS) is 14.7. The first-order valence-electron chi connectivity index (χ1n) is 11.2. The SMILES string of the molecule is CC(C)(C)OC(=O)N1CCC(COc2c(Cl)ncnc2-c2cnn(-c3c(F)cccc3F)c2)CC1. The average Bonchev–Trinajstić information content (AvgIpc) is 3.27. The van der Waals surface area contributed by atoms with E-state index >= 15 is 0 Å². The summed E-state index contributed by atoms with van der Waals surface area (Å²) in [6.07, 6.45) is 5.32. The van der Waals surface area contributed by atoms with Crippen LogP contribution in [0.4, 0.5) is 13.6 Å². The van der Waals surface area contributed by atoms with Gasteiger partial charge in [-0.05, 0) is 51.7 Å². The summed E-state index contributed by atoms with van der Waals surface area (Å²) in [5, 5.41) is 4.20. The Bertz CT molecular complexity index is 1190. The van der Waals surface area contributed by atoms with Crippen LogP contribution in [0.3, 0.4) is 0 Å². The number of carbonyl (C=O) groups is 1. The summed E-state index contributed by atoms with van der Waals surface area (Å²) < 4.78 is 40.9. The van der Waals surface area contributed by atoms with Gasteiger partial charge in [0.2, 0.25) is 0 Å². The lowest BCUT2D eigenvalue weighted by molar-refractivity contribution is 0.0165. The molecule has 8 nitrogen and oxygen atoms in total. The Kier molecular flexibility index (Phi) is 7.20. The molecule has 1 saturated heterocycles. The van der Waals surface area contributed by atoms with Crippen LogP contribution in [0.15, 0.2) is 36.9 Å². The maximum absolute atomic E-state index is 14.2. The fraction of sp³-hybridized carbons (Fsp3) is 0.417. The lowest BCUT2D eigenvalue weighted by Gasteiger charge is -2.33. The summed E-state index contributed by atoms with van der Waals surface area (Å²) in [5.41, 5.74) is -0.00685. The van der Waals surface area contributed by atoms with Gasteiger partial charge in [-0.25, -0.2) is 28.2 Å². The number of hydrogen-bond acceptors (Lipinski definition) is 6. The highest BCUT2D eigenvalue weighted by molar-refractivity contribution is 6.31. The summed E-state index contributed by atoms with van der Waals surface area (Å²) in [7, 11) is 0. The third kappa shape index (κ3) is 5.87. The molecule has 35 heavy (non-hydrogen) atoms. The van der Waals surface area contributed by atoms with Crippen LogP contribution in [-0.2, 0) is 4.74 Å². The molecule has 0 atom stereocenters. The topological polar surface area (TPSA) is 82.4 Å². The molecule has 3 aromatic rings.